The Bertz CT molecular complexity index is 572. The summed E-state index contributed by atoms with van der Waals surface area (Å²) in [5.74, 6) is -0.146. The number of nitrogens with one attached hydrogen (secondary N) is 1. The number of rotatable bonds is 3. The third-order valence-corrected chi connectivity index (χ3v) is 4.82. The molecule has 1 atom stereocenters. The average molecular weight is 273 g/mol. The second-order valence-corrected chi connectivity index (χ2v) is 6.19. The van der Waals surface area contributed by atoms with Crippen LogP contribution >= 0.6 is 11.8 Å². The highest BCUT2D eigenvalue weighted by molar-refractivity contribution is 8.00. The summed E-state index contributed by atoms with van der Waals surface area (Å²) in [4.78, 5) is 1.38. The van der Waals surface area contributed by atoms with Crippen LogP contribution in [-0.2, 0) is 6.42 Å². The Morgan fingerprint density at radius 1 is 1.21 bits per heavy atom. The summed E-state index contributed by atoms with van der Waals surface area (Å²) in [6.07, 6.45) is 1.09. The van der Waals surface area contributed by atoms with Crippen LogP contribution in [0.15, 0.2) is 47.4 Å². The Morgan fingerprint density at radius 2 is 2.05 bits per heavy atom. The highest BCUT2D eigenvalue weighted by atomic mass is 32.2. The van der Waals surface area contributed by atoms with Crippen molar-refractivity contribution in [3.05, 3.63) is 59.4 Å². The summed E-state index contributed by atoms with van der Waals surface area (Å²) >= 11 is 1.91. The first-order valence-corrected chi connectivity index (χ1v) is 7.35. The molecular formula is C16H16FNS. The van der Waals surface area contributed by atoms with E-state index in [4.69, 9.17) is 0 Å². The van der Waals surface area contributed by atoms with Crippen molar-refractivity contribution >= 4 is 17.4 Å². The number of hydrogen-bond acceptors (Lipinski definition) is 2. The van der Waals surface area contributed by atoms with Crippen LogP contribution in [0, 0.1) is 12.7 Å². The minimum absolute atomic E-state index is 0.146. The highest BCUT2D eigenvalue weighted by Crippen LogP contribution is 2.36. The molecule has 1 nitrogen and oxygen atoms in total. The number of benzene rings is 2. The molecule has 1 unspecified atom stereocenters. The maximum absolute atomic E-state index is 13.4. The van der Waals surface area contributed by atoms with Gasteiger partial charge in [0, 0.05) is 27.9 Å². The van der Waals surface area contributed by atoms with Gasteiger partial charge in [-0.25, -0.2) is 4.39 Å². The summed E-state index contributed by atoms with van der Waals surface area (Å²) in [6.45, 7) is 2.68. The van der Waals surface area contributed by atoms with Gasteiger partial charge in [-0.3, -0.25) is 0 Å². The van der Waals surface area contributed by atoms with Crippen molar-refractivity contribution in [2.24, 2.45) is 0 Å². The fraction of sp³-hybridized carbons (Fsp3) is 0.250. The fourth-order valence-electron chi connectivity index (χ4n) is 2.39. The van der Waals surface area contributed by atoms with E-state index in [0.29, 0.717) is 10.8 Å². The van der Waals surface area contributed by atoms with Crippen LogP contribution < -0.4 is 5.32 Å². The number of fused-ring (bicyclic) bond motifs is 1. The van der Waals surface area contributed by atoms with Crippen LogP contribution in [0.4, 0.5) is 10.1 Å². The molecule has 1 N–H and O–H groups in total. The van der Waals surface area contributed by atoms with Crippen molar-refractivity contribution in [2.75, 3.05) is 11.9 Å². The SMILES string of the molecule is Cc1c(F)cccc1NCC1Cc2ccccc2S1. The third kappa shape index (κ3) is 2.61. The normalized spacial score (nSPS) is 17.3. The predicted molar refractivity (Wildman–Crippen MR) is 79.4 cm³/mol. The van der Waals surface area contributed by atoms with Gasteiger partial charge in [-0.1, -0.05) is 24.3 Å². The molecule has 0 amide bonds. The van der Waals surface area contributed by atoms with Crippen molar-refractivity contribution in [3.63, 3.8) is 0 Å². The number of hydrogen-bond donors (Lipinski definition) is 1. The van der Waals surface area contributed by atoms with E-state index >= 15 is 0 Å². The predicted octanol–water partition coefficient (Wildman–Crippen LogP) is 4.26. The van der Waals surface area contributed by atoms with E-state index in [-0.39, 0.29) is 5.82 Å². The maximum atomic E-state index is 13.4. The molecule has 98 valence electrons. The molecule has 1 aliphatic heterocycles. The topological polar surface area (TPSA) is 12.0 Å². The second-order valence-electron chi connectivity index (χ2n) is 4.85. The lowest BCUT2D eigenvalue weighted by Crippen LogP contribution is -2.16. The average Bonchev–Trinajstić information content (AvgIpc) is 2.83. The molecule has 2 aromatic rings. The molecule has 1 heterocycles. The summed E-state index contributed by atoms with van der Waals surface area (Å²) in [6, 6.07) is 13.7. The molecule has 0 bridgehead atoms. The van der Waals surface area contributed by atoms with Crippen molar-refractivity contribution in [3.8, 4) is 0 Å². The lowest BCUT2D eigenvalue weighted by molar-refractivity contribution is 0.619. The first-order chi connectivity index (χ1) is 9.24. The molecule has 0 aliphatic carbocycles. The van der Waals surface area contributed by atoms with E-state index < -0.39 is 0 Å². The zero-order valence-electron chi connectivity index (χ0n) is 10.8. The molecule has 2 aromatic carbocycles. The van der Waals surface area contributed by atoms with Gasteiger partial charge in [0.15, 0.2) is 0 Å². The summed E-state index contributed by atoms with van der Waals surface area (Å²) < 4.78 is 13.4. The minimum atomic E-state index is -0.146. The standard InChI is InChI=1S/C16H16FNS/c1-11-14(17)6-4-7-15(11)18-10-13-9-12-5-2-3-8-16(12)19-13/h2-8,13,18H,9-10H2,1H3. The van der Waals surface area contributed by atoms with Crippen LogP contribution in [0.2, 0.25) is 0 Å². The van der Waals surface area contributed by atoms with Crippen molar-refractivity contribution in [1.29, 1.82) is 0 Å². The second kappa shape index (κ2) is 5.25. The maximum Gasteiger partial charge on any atom is 0.128 e. The van der Waals surface area contributed by atoms with Crippen molar-refractivity contribution in [2.45, 2.75) is 23.5 Å². The smallest absolute Gasteiger partial charge is 0.128 e. The molecular weight excluding hydrogens is 257 g/mol. The van der Waals surface area contributed by atoms with Gasteiger partial charge in [-0.05, 0) is 37.1 Å². The monoisotopic (exact) mass is 273 g/mol. The van der Waals surface area contributed by atoms with E-state index in [1.54, 1.807) is 6.07 Å². The zero-order chi connectivity index (χ0) is 13.2. The van der Waals surface area contributed by atoms with E-state index in [2.05, 4.69) is 29.6 Å². The fourth-order valence-corrected chi connectivity index (χ4v) is 3.64. The van der Waals surface area contributed by atoms with Crippen LogP contribution in [0.3, 0.4) is 0 Å². The third-order valence-electron chi connectivity index (χ3n) is 3.50. The molecule has 0 spiro atoms. The minimum Gasteiger partial charge on any atom is -0.384 e. The van der Waals surface area contributed by atoms with Gasteiger partial charge < -0.3 is 5.32 Å². The van der Waals surface area contributed by atoms with E-state index in [1.165, 1.54) is 16.5 Å². The number of halogens is 1. The lowest BCUT2D eigenvalue weighted by Gasteiger charge is -2.13. The van der Waals surface area contributed by atoms with E-state index in [0.717, 1.165) is 18.7 Å². The molecule has 3 rings (SSSR count). The van der Waals surface area contributed by atoms with Crippen LogP contribution in [0.1, 0.15) is 11.1 Å². The zero-order valence-corrected chi connectivity index (χ0v) is 11.6. The quantitative estimate of drug-likeness (QED) is 0.896. The Hall–Kier alpha value is -1.48. The van der Waals surface area contributed by atoms with Gasteiger partial charge in [0.25, 0.3) is 0 Å². The molecule has 1 aliphatic rings. The summed E-state index contributed by atoms with van der Waals surface area (Å²) in [7, 11) is 0. The molecule has 0 saturated heterocycles. The van der Waals surface area contributed by atoms with Crippen LogP contribution in [-0.4, -0.2) is 11.8 Å². The van der Waals surface area contributed by atoms with E-state index in [9.17, 15) is 4.39 Å². The Morgan fingerprint density at radius 3 is 2.89 bits per heavy atom. The molecule has 0 fully saturated rings. The first-order valence-electron chi connectivity index (χ1n) is 6.47. The van der Waals surface area contributed by atoms with Gasteiger partial charge in [-0.2, -0.15) is 0 Å². The summed E-state index contributed by atoms with van der Waals surface area (Å²) in [5.41, 5.74) is 3.02. The van der Waals surface area contributed by atoms with Gasteiger partial charge in [0.05, 0.1) is 0 Å². The molecule has 0 aromatic heterocycles. The Kier molecular flexibility index (Phi) is 3.47. The van der Waals surface area contributed by atoms with Crippen molar-refractivity contribution in [1.82, 2.24) is 0 Å². The van der Waals surface area contributed by atoms with Crippen molar-refractivity contribution < 1.29 is 4.39 Å². The largest absolute Gasteiger partial charge is 0.384 e. The first kappa shape index (κ1) is 12.5. The Labute approximate surface area is 117 Å². The number of anilines is 1. The molecule has 19 heavy (non-hydrogen) atoms. The van der Waals surface area contributed by atoms with Gasteiger partial charge in [0.1, 0.15) is 5.82 Å². The van der Waals surface area contributed by atoms with Gasteiger partial charge >= 0.3 is 0 Å². The summed E-state index contributed by atoms with van der Waals surface area (Å²) in [5, 5.41) is 3.90. The molecule has 3 heteroatoms. The van der Waals surface area contributed by atoms with E-state index in [1.807, 2.05) is 24.8 Å². The lowest BCUT2D eigenvalue weighted by atomic mass is 10.1. The molecule has 0 saturated carbocycles. The number of thioether (sulfide) groups is 1. The highest BCUT2D eigenvalue weighted by Gasteiger charge is 2.21. The van der Waals surface area contributed by atoms with Gasteiger partial charge in [-0.15, -0.1) is 11.8 Å². The molecule has 0 radical (unpaired) electrons. The van der Waals surface area contributed by atoms with Gasteiger partial charge in [0.2, 0.25) is 0 Å². The van der Waals surface area contributed by atoms with Crippen LogP contribution in [0.5, 0.6) is 0 Å². The van der Waals surface area contributed by atoms with Crippen LogP contribution in [0.25, 0.3) is 0 Å². The Balaban J connectivity index is 1.64.